The summed E-state index contributed by atoms with van der Waals surface area (Å²) in [5.74, 6) is 0.687. The molecular weight excluding hydrogens is 326 g/mol. The van der Waals surface area contributed by atoms with Crippen LogP contribution in [0.25, 0.3) is 10.6 Å². The minimum absolute atomic E-state index is 0.168. The van der Waals surface area contributed by atoms with Gasteiger partial charge in [0.05, 0.1) is 0 Å². The van der Waals surface area contributed by atoms with Gasteiger partial charge in [0.25, 0.3) is 0 Å². The third-order valence-corrected chi connectivity index (χ3v) is 5.08. The van der Waals surface area contributed by atoms with E-state index in [1.807, 2.05) is 19.2 Å². The molecule has 1 aromatic heterocycles. The van der Waals surface area contributed by atoms with Crippen LogP contribution < -0.4 is 10.6 Å². The van der Waals surface area contributed by atoms with Crippen molar-refractivity contribution in [1.29, 1.82) is 0 Å². The molecule has 3 rings (SSSR count). The van der Waals surface area contributed by atoms with E-state index in [-0.39, 0.29) is 5.91 Å². The standard InChI is InChI=1S/C13H12BrN3OS/c1-17-9-4-2-8(6-7(9)3-5-10(17)18)13-16-12(15)11(14)19-13/h2,4,6H,3,5,15H2,1H3. The van der Waals surface area contributed by atoms with Crippen LogP contribution in [-0.2, 0) is 11.2 Å². The predicted molar refractivity (Wildman–Crippen MR) is 81.4 cm³/mol. The normalized spacial score (nSPS) is 14.6. The number of anilines is 2. The van der Waals surface area contributed by atoms with Crippen LogP contribution in [0.4, 0.5) is 11.5 Å². The van der Waals surface area contributed by atoms with Gasteiger partial charge in [-0.2, -0.15) is 0 Å². The Kier molecular flexibility index (Phi) is 3.06. The first-order valence-electron chi connectivity index (χ1n) is 5.88. The van der Waals surface area contributed by atoms with E-state index in [9.17, 15) is 4.79 Å². The number of fused-ring (bicyclic) bond motifs is 1. The number of nitrogens with two attached hydrogens (primary N) is 1. The molecular formula is C13H12BrN3OS. The second-order valence-corrected chi connectivity index (χ2v) is 6.79. The number of rotatable bonds is 1. The third kappa shape index (κ3) is 2.15. The molecule has 0 bridgehead atoms. The van der Waals surface area contributed by atoms with Crippen LogP contribution in [0.5, 0.6) is 0 Å². The van der Waals surface area contributed by atoms with E-state index < -0.39 is 0 Å². The Hall–Kier alpha value is -1.40. The second-order valence-electron chi connectivity index (χ2n) is 4.47. The first-order chi connectivity index (χ1) is 9.06. The molecule has 1 aromatic carbocycles. The molecule has 4 nitrogen and oxygen atoms in total. The Morgan fingerprint density at radius 1 is 1.42 bits per heavy atom. The summed E-state index contributed by atoms with van der Waals surface area (Å²) < 4.78 is 0.854. The van der Waals surface area contributed by atoms with Crippen LogP contribution >= 0.6 is 27.3 Å². The Labute approximate surface area is 123 Å². The van der Waals surface area contributed by atoms with E-state index in [1.165, 1.54) is 16.9 Å². The summed E-state index contributed by atoms with van der Waals surface area (Å²) >= 11 is 4.90. The van der Waals surface area contributed by atoms with Gasteiger partial charge in [0.15, 0.2) is 0 Å². The van der Waals surface area contributed by atoms with E-state index in [2.05, 4.69) is 27.0 Å². The van der Waals surface area contributed by atoms with Gasteiger partial charge in [0, 0.05) is 24.7 Å². The molecule has 2 N–H and O–H groups in total. The SMILES string of the molecule is CN1C(=O)CCc2cc(-c3nc(N)c(Br)s3)ccc21. The summed E-state index contributed by atoms with van der Waals surface area (Å²) in [4.78, 5) is 17.7. The summed E-state index contributed by atoms with van der Waals surface area (Å²) in [7, 11) is 1.82. The molecule has 0 fully saturated rings. The van der Waals surface area contributed by atoms with Gasteiger partial charge in [0.1, 0.15) is 14.6 Å². The highest BCUT2D eigenvalue weighted by molar-refractivity contribution is 9.11. The molecule has 1 aliphatic heterocycles. The maximum absolute atomic E-state index is 11.7. The van der Waals surface area contributed by atoms with Crippen molar-refractivity contribution < 1.29 is 4.79 Å². The molecule has 0 unspecified atom stereocenters. The second kappa shape index (κ2) is 4.61. The van der Waals surface area contributed by atoms with Crippen LogP contribution in [0.3, 0.4) is 0 Å². The van der Waals surface area contributed by atoms with Gasteiger partial charge in [-0.05, 0) is 46.1 Å². The van der Waals surface area contributed by atoms with Gasteiger partial charge in [-0.3, -0.25) is 4.79 Å². The monoisotopic (exact) mass is 337 g/mol. The molecule has 19 heavy (non-hydrogen) atoms. The van der Waals surface area contributed by atoms with Crippen LogP contribution in [-0.4, -0.2) is 17.9 Å². The highest BCUT2D eigenvalue weighted by Gasteiger charge is 2.21. The minimum Gasteiger partial charge on any atom is -0.382 e. The van der Waals surface area contributed by atoms with E-state index in [0.717, 1.165) is 26.5 Å². The smallest absolute Gasteiger partial charge is 0.227 e. The molecule has 1 amide bonds. The summed E-state index contributed by atoms with van der Waals surface area (Å²) in [6, 6.07) is 6.06. The molecule has 98 valence electrons. The molecule has 0 saturated heterocycles. The fourth-order valence-corrected chi connectivity index (χ4v) is 3.48. The zero-order valence-corrected chi connectivity index (χ0v) is 12.7. The molecule has 0 saturated carbocycles. The van der Waals surface area contributed by atoms with Crippen molar-refractivity contribution in [2.75, 3.05) is 17.7 Å². The Morgan fingerprint density at radius 3 is 2.89 bits per heavy atom. The Balaban J connectivity index is 2.04. The lowest BCUT2D eigenvalue weighted by molar-refractivity contribution is -0.118. The number of carbonyl (C=O) groups is 1. The van der Waals surface area contributed by atoms with Crippen LogP contribution in [0, 0.1) is 0 Å². The number of aromatic nitrogens is 1. The first kappa shape index (κ1) is 12.6. The number of thiazole rings is 1. The van der Waals surface area contributed by atoms with Crippen molar-refractivity contribution in [3.8, 4) is 10.6 Å². The van der Waals surface area contributed by atoms with Crippen molar-refractivity contribution in [2.45, 2.75) is 12.8 Å². The molecule has 0 spiro atoms. The topological polar surface area (TPSA) is 59.2 Å². The van der Waals surface area contributed by atoms with Gasteiger partial charge < -0.3 is 10.6 Å². The number of hydrogen-bond donors (Lipinski definition) is 1. The van der Waals surface area contributed by atoms with Crippen molar-refractivity contribution >= 4 is 44.7 Å². The molecule has 6 heteroatoms. The van der Waals surface area contributed by atoms with Crippen molar-refractivity contribution in [3.05, 3.63) is 27.5 Å². The number of carbonyl (C=O) groups excluding carboxylic acids is 1. The Morgan fingerprint density at radius 2 is 2.21 bits per heavy atom. The number of benzene rings is 1. The van der Waals surface area contributed by atoms with Gasteiger partial charge in [-0.1, -0.05) is 0 Å². The predicted octanol–water partition coefficient (Wildman–Crippen LogP) is 3.06. The lowest BCUT2D eigenvalue weighted by atomic mass is 9.99. The summed E-state index contributed by atoms with van der Waals surface area (Å²) in [6.07, 6.45) is 1.35. The maximum Gasteiger partial charge on any atom is 0.227 e. The number of aryl methyl sites for hydroxylation is 1. The molecule has 0 aliphatic carbocycles. The zero-order valence-electron chi connectivity index (χ0n) is 10.3. The minimum atomic E-state index is 0.168. The average Bonchev–Trinajstić information content (AvgIpc) is 2.74. The lowest BCUT2D eigenvalue weighted by Gasteiger charge is -2.25. The summed E-state index contributed by atoms with van der Waals surface area (Å²) in [5, 5.41) is 0.895. The van der Waals surface area contributed by atoms with E-state index >= 15 is 0 Å². The van der Waals surface area contributed by atoms with E-state index in [0.29, 0.717) is 12.2 Å². The number of nitrogens with zero attached hydrogens (tertiary/aromatic N) is 2. The largest absolute Gasteiger partial charge is 0.382 e. The fraction of sp³-hybridized carbons (Fsp3) is 0.231. The van der Waals surface area contributed by atoms with Crippen molar-refractivity contribution in [3.63, 3.8) is 0 Å². The van der Waals surface area contributed by atoms with Crippen LogP contribution in [0.15, 0.2) is 22.0 Å². The number of amides is 1. The van der Waals surface area contributed by atoms with Gasteiger partial charge >= 0.3 is 0 Å². The van der Waals surface area contributed by atoms with Crippen molar-refractivity contribution in [1.82, 2.24) is 4.98 Å². The molecule has 1 aliphatic rings. The van der Waals surface area contributed by atoms with E-state index in [4.69, 9.17) is 5.73 Å². The number of nitrogen functional groups attached to an aromatic ring is 1. The average molecular weight is 338 g/mol. The lowest BCUT2D eigenvalue weighted by Crippen LogP contribution is -2.30. The number of hydrogen-bond acceptors (Lipinski definition) is 4. The molecule has 0 radical (unpaired) electrons. The van der Waals surface area contributed by atoms with E-state index in [1.54, 1.807) is 4.90 Å². The third-order valence-electron chi connectivity index (χ3n) is 3.28. The van der Waals surface area contributed by atoms with Gasteiger partial charge in [-0.25, -0.2) is 4.98 Å². The maximum atomic E-state index is 11.7. The first-order valence-corrected chi connectivity index (χ1v) is 7.49. The molecule has 2 heterocycles. The van der Waals surface area contributed by atoms with Gasteiger partial charge in [0.2, 0.25) is 5.91 Å². The highest BCUT2D eigenvalue weighted by Crippen LogP contribution is 2.36. The van der Waals surface area contributed by atoms with Crippen LogP contribution in [0.2, 0.25) is 0 Å². The van der Waals surface area contributed by atoms with Crippen molar-refractivity contribution in [2.24, 2.45) is 0 Å². The molecule has 2 aromatic rings. The fourth-order valence-electron chi connectivity index (χ4n) is 2.23. The molecule has 0 atom stereocenters. The van der Waals surface area contributed by atoms with Crippen LogP contribution in [0.1, 0.15) is 12.0 Å². The van der Waals surface area contributed by atoms with Gasteiger partial charge in [-0.15, -0.1) is 11.3 Å². The summed E-state index contributed by atoms with van der Waals surface area (Å²) in [6.45, 7) is 0. The zero-order chi connectivity index (χ0) is 13.6. The quantitative estimate of drug-likeness (QED) is 0.869. The number of halogens is 1. The highest BCUT2D eigenvalue weighted by atomic mass is 79.9. The summed E-state index contributed by atoms with van der Waals surface area (Å²) in [5.41, 5.74) is 8.98. The Bertz CT molecular complexity index is 648.